The highest BCUT2D eigenvalue weighted by molar-refractivity contribution is 7.99. The lowest BCUT2D eigenvalue weighted by Crippen LogP contribution is -2.02. The zero-order valence-electron chi connectivity index (χ0n) is 11.2. The molecule has 0 atom stereocenters. The summed E-state index contributed by atoms with van der Waals surface area (Å²) < 4.78 is 0. The molecule has 0 saturated heterocycles. The van der Waals surface area contributed by atoms with Crippen LogP contribution in [0.4, 0.5) is 0 Å². The molecular weight excluding hydrogens is 212 g/mol. The average molecular weight is 242 g/mol. The van der Waals surface area contributed by atoms with E-state index in [4.69, 9.17) is 0 Å². The second-order valence-electron chi connectivity index (χ2n) is 5.32. The molecule has 1 aliphatic rings. The summed E-state index contributed by atoms with van der Waals surface area (Å²) in [7, 11) is 0. The zero-order chi connectivity index (χ0) is 11.5. The van der Waals surface area contributed by atoms with E-state index in [1.165, 1.54) is 83.5 Å². The first-order chi connectivity index (χ1) is 7.93. The van der Waals surface area contributed by atoms with Gasteiger partial charge in [-0.15, -0.1) is 0 Å². The highest BCUT2D eigenvalue weighted by Gasteiger charge is 2.06. The number of thioether (sulfide) groups is 1. The van der Waals surface area contributed by atoms with Gasteiger partial charge in [-0.25, -0.2) is 0 Å². The molecule has 0 spiro atoms. The molecule has 1 fully saturated rings. The second-order valence-corrected chi connectivity index (χ2v) is 6.46. The molecule has 0 radical (unpaired) electrons. The molecule has 0 heterocycles. The van der Waals surface area contributed by atoms with E-state index in [1.807, 2.05) is 0 Å². The monoisotopic (exact) mass is 242 g/mol. The van der Waals surface area contributed by atoms with Crippen molar-refractivity contribution in [1.82, 2.24) is 0 Å². The average Bonchev–Trinajstić information content (AvgIpc) is 2.32. The summed E-state index contributed by atoms with van der Waals surface area (Å²) in [5, 5.41) is 0.961. The van der Waals surface area contributed by atoms with E-state index in [1.54, 1.807) is 0 Å². The maximum absolute atomic E-state index is 2.30. The van der Waals surface area contributed by atoms with E-state index in [9.17, 15) is 0 Å². The predicted octanol–water partition coefficient (Wildman–Crippen LogP) is 5.80. The molecular formula is C15H30S. The standard InChI is InChI=1S/C15H30S/c1-16-15-13-11-9-7-5-3-2-4-6-8-10-12-14-15/h15H,2-14H2,1H3. The summed E-state index contributed by atoms with van der Waals surface area (Å²) in [5.74, 6) is 0. The fourth-order valence-corrected chi connectivity index (χ4v) is 3.52. The van der Waals surface area contributed by atoms with E-state index in [0.29, 0.717) is 0 Å². The Morgan fingerprint density at radius 3 is 1.19 bits per heavy atom. The summed E-state index contributed by atoms with van der Waals surface area (Å²) in [6.07, 6.45) is 21.6. The van der Waals surface area contributed by atoms with Crippen molar-refractivity contribution in [2.24, 2.45) is 0 Å². The third kappa shape index (κ3) is 7.60. The van der Waals surface area contributed by atoms with Gasteiger partial charge >= 0.3 is 0 Å². The van der Waals surface area contributed by atoms with Crippen LogP contribution in [0.2, 0.25) is 0 Å². The molecule has 1 rings (SSSR count). The van der Waals surface area contributed by atoms with Crippen LogP contribution in [0.5, 0.6) is 0 Å². The highest BCUT2D eigenvalue weighted by atomic mass is 32.2. The first-order valence-corrected chi connectivity index (χ1v) is 8.75. The Kier molecular flexibility index (Phi) is 9.46. The van der Waals surface area contributed by atoms with Crippen LogP contribution in [-0.2, 0) is 0 Å². The SMILES string of the molecule is CSC1CCCCCCCCCCCCC1. The van der Waals surface area contributed by atoms with E-state index < -0.39 is 0 Å². The van der Waals surface area contributed by atoms with E-state index in [2.05, 4.69) is 18.0 Å². The Hall–Kier alpha value is 0.350. The first-order valence-electron chi connectivity index (χ1n) is 7.46. The van der Waals surface area contributed by atoms with Crippen LogP contribution in [-0.4, -0.2) is 11.5 Å². The van der Waals surface area contributed by atoms with Gasteiger partial charge in [0.05, 0.1) is 0 Å². The highest BCUT2D eigenvalue weighted by Crippen LogP contribution is 2.23. The van der Waals surface area contributed by atoms with Gasteiger partial charge in [-0.05, 0) is 19.1 Å². The van der Waals surface area contributed by atoms with Gasteiger partial charge in [0, 0.05) is 5.25 Å². The summed E-state index contributed by atoms with van der Waals surface area (Å²) in [6.45, 7) is 0. The van der Waals surface area contributed by atoms with Gasteiger partial charge in [0.1, 0.15) is 0 Å². The van der Waals surface area contributed by atoms with Gasteiger partial charge in [-0.1, -0.05) is 70.6 Å². The van der Waals surface area contributed by atoms with E-state index in [-0.39, 0.29) is 0 Å². The maximum Gasteiger partial charge on any atom is 0.00442 e. The minimum Gasteiger partial charge on any atom is -0.162 e. The normalized spacial score (nSPS) is 23.8. The van der Waals surface area contributed by atoms with Crippen molar-refractivity contribution >= 4 is 11.8 Å². The minimum absolute atomic E-state index is 0.961. The van der Waals surface area contributed by atoms with Crippen LogP contribution in [0.25, 0.3) is 0 Å². The van der Waals surface area contributed by atoms with Crippen molar-refractivity contribution < 1.29 is 0 Å². The van der Waals surface area contributed by atoms with Gasteiger partial charge in [-0.2, -0.15) is 11.8 Å². The van der Waals surface area contributed by atoms with Gasteiger partial charge in [-0.3, -0.25) is 0 Å². The third-order valence-electron chi connectivity index (χ3n) is 3.89. The lowest BCUT2D eigenvalue weighted by Gasteiger charge is -2.14. The molecule has 16 heavy (non-hydrogen) atoms. The van der Waals surface area contributed by atoms with Crippen molar-refractivity contribution in [2.75, 3.05) is 6.26 Å². The van der Waals surface area contributed by atoms with E-state index >= 15 is 0 Å². The van der Waals surface area contributed by atoms with Crippen molar-refractivity contribution in [1.29, 1.82) is 0 Å². The molecule has 0 bridgehead atoms. The number of rotatable bonds is 1. The lowest BCUT2D eigenvalue weighted by atomic mass is 10.0. The van der Waals surface area contributed by atoms with Gasteiger partial charge < -0.3 is 0 Å². The Bertz CT molecular complexity index is 130. The van der Waals surface area contributed by atoms with Gasteiger partial charge in [0.25, 0.3) is 0 Å². The largest absolute Gasteiger partial charge is 0.162 e. The van der Waals surface area contributed by atoms with Gasteiger partial charge in [0.2, 0.25) is 0 Å². The topological polar surface area (TPSA) is 0 Å². The van der Waals surface area contributed by atoms with Gasteiger partial charge in [0.15, 0.2) is 0 Å². The molecule has 0 aromatic rings. The Balaban J connectivity index is 2.16. The quantitative estimate of drug-likeness (QED) is 0.559. The molecule has 0 amide bonds. The third-order valence-corrected chi connectivity index (χ3v) is 5.02. The molecule has 0 aromatic heterocycles. The summed E-state index contributed by atoms with van der Waals surface area (Å²) in [6, 6.07) is 0. The minimum atomic E-state index is 0.961. The molecule has 96 valence electrons. The molecule has 1 saturated carbocycles. The molecule has 0 unspecified atom stereocenters. The van der Waals surface area contributed by atoms with Crippen molar-refractivity contribution in [2.45, 2.75) is 88.7 Å². The fourth-order valence-electron chi connectivity index (χ4n) is 2.72. The second kappa shape index (κ2) is 10.5. The van der Waals surface area contributed by atoms with Crippen LogP contribution in [0, 0.1) is 0 Å². The number of hydrogen-bond acceptors (Lipinski definition) is 1. The fraction of sp³-hybridized carbons (Fsp3) is 1.00. The Morgan fingerprint density at radius 1 is 0.562 bits per heavy atom. The first kappa shape index (κ1) is 14.4. The van der Waals surface area contributed by atoms with Crippen molar-refractivity contribution in [3.8, 4) is 0 Å². The van der Waals surface area contributed by atoms with Crippen molar-refractivity contribution in [3.63, 3.8) is 0 Å². The van der Waals surface area contributed by atoms with Crippen molar-refractivity contribution in [3.05, 3.63) is 0 Å². The smallest absolute Gasteiger partial charge is 0.00442 e. The molecule has 0 aromatic carbocycles. The van der Waals surface area contributed by atoms with Crippen LogP contribution in [0.15, 0.2) is 0 Å². The molecule has 0 N–H and O–H groups in total. The zero-order valence-corrected chi connectivity index (χ0v) is 12.0. The molecule has 0 aliphatic heterocycles. The summed E-state index contributed by atoms with van der Waals surface area (Å²) in [5.41, 5.74) is 0. The molecule has 1 heteroatoms. The summed E-state index contributed by atoms with van der Waals surface area (Å²) in [4.78, 5) is 0. The van der Waals surface area contributed by atoms with Crippen LogP contribution >= 0.6 is 11.8 Å². The van der Waals surface area contributed by atoms with Crippen LogP contribution < -0.4 is 0 Å². The maximum atomic E-state index is 2.30. The molecule has 1 aliphatic carbocycles. The Labute approximate surface area is 107 Å². The Morgan fingerprint density at radius 2 is 0.875 bits per heavy atom. The summed E-state index contributed by atoms with van der Waals surface area (Å²) >= 11 is 2.11. The molecule has 0 nitrogen and oxygen atoms in total. The lowest BCUT2D eigenvalue weighted by molar-refractivity contribution is 0.509. The van der Waals surface area contributed by atoms with Crippen LogP contribution in [0.3, 0.4) is 0 Å². The van der Waals surface area contributed by atoms with Crippen LogP contribution in [0.1, 0.15) is 83.5 Å². The number of hydrogen-bond donors (Lipinski definition) is 0. The van der Waals surface area contributed by atoms with E-state index in [0.717, 1.165) is 5.25 Å². The predicted molar refractivity (Wildman–Crippen MR) is 77.3 cm³/mol.